The number of carbonyl (C=O) groups excluding carboxylic acids is 1. The van der Waals surface area contributed by atoms with Crippen molar-refractivity contribution in [2.75, 3.05) is 0 Å². The summed E-state index contributed by atoms with van der Waals surface area (Å²) >= 11 is 4.87. The van der Waals surface area contributed by atoms with Crippen LogP contribution in [0, 0.1) is 0 Å². The van der Waals surface area contributed by atoms with Crippen molar-refractivity contribution in [1.82, 2.24) is 15.3 Å². The van der Waals surface area contributed by atoms with Gasteiger partial charge in [-0.05, 0) is 34.1 Å². The summed E-state index contributed by atoms with van der Waals surface area (Å²) in [4.78, 5) is 20.9. The molecule has 7 heteroatoms. The van der Waals surface area contributed by atoms with E-state index in [1.165, 1.54) is 11.3 Å². The first-order valence-corrected chi connectivity index (χ1v) is 9.14. The lowest BCUT2D eigenvalue weighted by Gasteiger charge is -2.07. The van der Waals surface area contributed by atoms with Crippen LogP contribution in [0.25, 0.3) is 20.2 Å². The van der Waals surface area contributed by atoms with Crippen molar-refractivity contribution < 1.29 is 9.90 Å². The number of hydrogen-bond acceptors (Lipinski definition) is 5. The van der Waals surface area contributed by atoms with E-state index in [2.05, 4.69) is 31.2 Å². The second kappa shape index (κ2) is 6.42. The summed E-state index contributed by atoms with van der Waals surface area (Å²) < 4.78 is 2.22. The molecular weight excluding hydrogens is 402 g/mol. The van der Waals surface area contributed by atoms with E-state index in [0.717, 1.165) is 21.2 Å². The zero-order valence-electron chi connectivity index (χ0n) is 12.9. The number of aromatic hydroxyl groups is 1. The highest BCUT2D eigenvalue weighted by molar-refractivity contribution is 9.10. The molecule has 0 atom stereocenters. The van der Waals surface area contributed by atoms with Crippen molar-refractivity contribution in [2.24, 2.45) is 0 Å². The van der Waals surface area contributed by atoms with Crippen molar-refractivity contribution >= 4 is 53.3 Å². The molecule has 1 amide bonds. The lowest BCUT2D eigenvalue weighted by molar-refractivity contribution is 0.0942. The maximum atomic E-state index is 12.5. The van der Waals surface area contributed by atoms with Gasteiger partial charge in [0, 0.05) is 21.7 Å². The largest absolute Gasteiger partial charge is 0.504 e. The Morgan fingerprint density at radius 1 is 1.20 bits per heavy atom. The van der Waals surface area contributed by atoms with Gasteiger partial charge in [-0.1, -0.05) is 24.3 Å². The summed E-state index contributed by atoms with van der Waals surface area (Å²) in [6.45, 7) is 0.267. The number of fused-ring (bicyclic) bond motifs is 3. The highest BCUT2D eigenvalue weighted by Gasteiger charge is 2.21. The van der Waals surface area contributed by atoms with Crippen LogP contribution < -0.4 is 5.32 Å². The van der Waals surface area contributed by atoms with Crippen LogP contribution in [0.4, 0.5) is 0 Å². The summed E-state index contributed by atoms with van der Waals surface area (Å²) in [5.74, 6) is -0.541. The Morgan fingerprint density at radius 2 is 2.00 bits per heavy atom. The van der Waals surface area contributed by atoms with Gasteiger partial charge in [-0.25, -0.2) is 4.98 Å². The second-order valence-electron chi connectivity index (χ2n) is 5.41. The lowest BCUT2D eigenvalue weighted by atomic mass is 10.2. The Hall–Kier alpha value is -2.51. The predicted octanol–water partition coefficient (Wildman–Crippen LogP) is 4.24. The van der Waals surface area contributed by atoms with Crippen LogP contribution in [-0.4, -0.2) is 21.0 Å². The molecule has 2 N–H and O–H groups in total. The molecule has 0 unspecified atom stereocenters. The van der Waals surface area contributed by atoms with Gasteiger partial charge in [0.05, 0.1) is 16.9 Å². The summed E-state index contributed by atoms with van der Waals surface area (Å²) in [5, 5.41) is 15.2. The van der Waals surface area contributed by atoms with Gasteiger partial charge in [-0.15, -0.1) is 11.3 Å². The molecule has 25 heavy (non-hydrogen) atoms. The molecule has 5 nitrogen and oxygen atoms in total. The number of nitrogens with zero attached hydrogens (tertiary/aromatic N) is 2. The molecule has 0 aliphatic rings. The van der Waals surface area contributed by atoms with Crippen LogP contribution in [0.15, 0.2) is 53.3 Å². The number of rotatable bonds is 3. The first-order valence-electron chi connectivity index (χ1n) is 7.53. The van der Waals surface area contributed by atoms with E-state index < -0.39 is 5.91 Å². The minimum absolute atomic E-state index is 0.00172. The minimum atomic E-state index is -0.441. The summed E-state index contributed by atoms with van der Waals surface area (Å²) in [6, 6.07) is 13.3. The van der Waals surface area contributed by atoms with E-state index in [0.29, 0.717) is 9.30 Å². The van der Waals surface area contributed by atoms with E-state index >= 15 is 0 Å². The van der Waals surface area contributed by atoms with E-state index in [1.54, 1.807) is 6.20 Å². The van der Waals surface area contributed by atoms with Crippen LogP contribution in [0.1, 0.15) is 16.2 Å². The molecule has 0 aliphatic heterocycles. The van der Waals surface area contributed by atoms with Gasteiger partial charge >= 0.3 is 0 Å². The van der Waals surface area contributed by atoms with Gasteiger partial charge in [0.15, 0.2) is 11.4 Å². The van der Waals surface area contributed by atoms with Crippen LogP contribution >= 0.6 is 27.3 Å². The molecule has 0 aliphatic carbocycles. The third-order valence-electron chi connectivity index (χ3n) is 3.82. The monoisotopic (exact) mass is 413 g/mol. The summed E-state index contributed by atoms with van der Waals surface area (Å²) in [5.41, 5.74) is 0.735. The Balaban J connectivity index is 1.73. The second-order valence-corrected chi connectivity index (χ2v) is 7.21. The molecule has 0 bridgehead atoms. The van der Waals surface area contributed by atoms with E-state index in [-0.39, 0.29) is 18.0 Å². The van der Waals surface area contributed by atoms with Gasteiger partial charge in [0.1, 0.15) is 4.60 Å². The van der Waals surface area contributed by atoms with Gasteiger partial charge in [-0.2, -0.15) is 0 Å². The highest BCUT2D eigenvalue weighted by atomic mass is 79.9. The van der Waals surface area contributed by atoms with Crippen molar-refractivity contribution in [3.8, 4) is 5.75 Å². The average molecular weight is 414 g/mol. The summed E-state index contributed by atoms with van der Waals surface area (Å²) in [6.07, 6.45) is 1.66. The quantitative estimate of drug-likeness (QED) is 0.492. The normalized spacial score (nSPS) is 11.1. The predicted molar refractivity (Wildman–Crippen MR) is 102 cm³/mol. The first-order chi connectivity index (χ1) is 12.1. The van der Waals surface area contributed by atoms with Gasteiger partial charge in [-0.3, -0.25) is 9.78 Å². The molecule has 4 aromatic rings. The third-order valence-corrected chi connectivity index (χ3v) is 5.57. The van der Waals surface area contributed by atoms with Gasteiger partial charge in [0.2, 0.25) is 0 Å². The molecule has 3 aromatic heterocycles. The molecular formula is C18H12BrN3O2S. The van der Waals surface area contributed by atoms with Crippen LogP contribution in [0.5, 0.6) is 5.75 Å². The van der Waals surface area contributed by atoms with Gasteiger partial charge < -0.3 is 10.4 Å². The average Bonchev–Trinajstić information content (AvgIpc) is 3.04. The first kappa shape index (κ1) is 16.0. The number of nitrogens with one attached hydrogen (secondary N) is 1. The van der Waals surface area contributed by atoms with Crippen molar-refractivity contribution in [2.45, 2.75) is 6.54 Å². The number of halogens is 1. The van der Waals surface area contributed by atoms with Crippen molar-refractivity contribution in [3.63, 3.8) is 0 Å². The smallest absolute Gasteiger partial charge is 0.274 e. The zero-order chi connectivity index (χ0) is 17.4. The number of carbonyl (C=O) groups is 1. The maximum Gasteiger partial charge on any atom is 0.274 e. The Kier molecular flexibility index (Phi) is 4.10. The molecule has 0 saturated heterocycles. The van der Waals surface area contributed by atoms with Crippen LogP contribution in [0.2, 0.25) is 0 Å². The Morgan fingerprint density at radius 3 is 2.80 bits per heavy atom. The number of thiophene rings is 1. The molecule has 4 rings (SSSR count). The third kappa shape index (κ3) is 2.85. The van der Waals surface area contributed by atoms with E-state index in [1.807, 2.05) is 42.5 Å². The van der Waals surface area contributed by atoms with Gasteiger partial charge in [0.25, 0.3) is 5.91 Å². The molecule has 124 valence electrons. The number of benzene rings is 1. The minimum Gasteiger partial charge on any atom is -0.504 e. The van der Waals surface area contributed by atoms with Crippen LogP contribution in [-0.2, 0) is 6.54 Å². The fraction of sp³-hybridized carbons (Fsp3) is 0.0556. The molecule has 0 radical (unpaired) electrons. The lowest BCUT2D eigenvalue weighted by Crippen LogP contribution is -2.24. The standard InChI is InChI=1S/C18H12BrN3O2S/c19-17-13-11-6-1-2-7-12(11)25-16(13)15(23)14(22-17)18(24)21-9-10-5-3-4-8-20-10/h1-8,23H,9H2,(H,21,24). The molecule has 0 saturated carbocycles. The molecule has 1 aromatic carbocycles. The van der Waals surface area contributed by atoms with Crippen molar-refractivity contribution in [1.29, 1.82) is 0 Å². The SMILES string of the molecule is O=C(NCc1ccccn1)c1nc(Br)c2c(sc3ccccc32)c1O. The Labute approximate surface area is 155 Å². The van der Waals surface area contributed by atoms with E-state index in [9.17, 15) is 9.90 Å². The van der Waals surface area contributed by atoms with E-state index in [4.69, 9.17) is 0 Å². The summed E-state index contributed by atoms with van der Waals surface area (Å²) in [7, 11) is 0. The fourth-order valence-electron chi connectivity index (χ4n) is 2.65. The molecule has 0 fully saturated rings. The molecule has 0 spiro atoms. The fourth-order valence-corrected chi connectivity index (χ4v) is 4.52. The number of hydrogen-bond donors (Lipinski definition) is 2. The topological polar surface area (TPSA) is 75.1 Å². The van der Waals surface area contributed by atoms with Crippen LogP contribution in [0.3, 0.4) is 0 Å². The number of pyridine rings is 2. The number of aromatic nitrogens is 2. The molecule has 3 heterocycles. The van der Waals surface area contributed by atoms with Crippen molar-refractivity contribution in [3.05, 3.63) is 64.7 Å². The maximum absolute atomic E-state index is 12.5. The number of amides is 1. The Bertz CT molecular complexity index is 1100. The highest BCUT2D eigenvalue weighted by Crippen LogP contribution is 2.42. The zero-order valence-corrected chi connectivity index (χ0v) is 15.3.